The summed E-state index contributed by atoms with van der Waals surface area (Å²) in [5, 5.41) is 6.13. The minimum absolute atomic E-state index is 0.115. The molecule has 4 nitrogen and oxygen atoms in total. The Morgan fingerprint density at radius 1 is 0.923 bits per heavy atom. The number of piperidine rings is 1. The summed E-state index contributed by atoms with van der Waals surface area (Å²) < 4.78 is 0. The fourth-order valence-electron chi connectivity index (χ4n) is 3.18. The van der Waals surface area contributed by atoms with Gasteiger partial charge in [-0.05, 0) is 61.4 Å². The predicted octanol–water partition coefficient (Wildman–Crippen LogP) is 3.73. The van der Waals surface area contributed by atoms with Crippen LogP contribution in [0.1, 0.15) is 30.4 Å². The quantitative estimate of drug-likeness (QED) is 0.791. The number of benzene rings is 2. The second kappa shape index (κ2) is 9.46. The third-order valence-electron chi connectivity index (χ3n) is 4.53. The molecule has 1 aliphatic rings. The van der Waals surface area contributed by atoms with Gasteiger partial charge in [0, 0.05) is 12.2 Å². The van der Waals surface area contributed by atoms with Crippen molar-refractivity contribution in [3.05, 3.63) is 65.7 Å². The van der Waals surface area contributed by atoms with Crippen molar-refractivity contribution in [1.82, 2.24) is 10.2 Å². The highest BCUT2D eigenvalue weighted by atomic mass is 32.1. The molecule has 0 saturated carbocycles. The van der Waals surface area contributed by atoms with Gasteiger partial charge in [0.15, 0.2) is 5.11 Å². The van der Waals surface area contributed by atoms with Crippen molar-refractivity contribution in [1.29, 1.82) is 0 Å². The first-order chi connectivity index (χ1) is 12.7. The van der Waals surface area contributed by atoms with Crippen LogP contribution in [0.15, 0.2) is 54.6 Å². The largest absolute Gasteiger partial charge is 0.332 e. The van der Waals surface area contributed by atoms with Crippen LogP contribution in [0.2, 0.25) is 0 Å². The van der Waals surface area contributed by atoms with E-state index in [1.165, 1.54) is 37.9 Å². The molecule has 2 aromatic rings. The van der Waals surface area contributed by atoms with Crippen molar-refractivity contribution in [2.75, 3.05) is 18.4 Å². The number of nitrogens with zero attached hydrogens (tertiary/aromatic N) is 1. The van der Waals surface area contributed by atoms with Gasteiger partial charge in [-0.15, -0.1) is 0 Å². The van der Waals surface area contributed by atoms with Crippen LogP contribution in [0.3, 0.4) is 0 Å². The summed E-state index contributed by atoms with van der Waals surface area (Å²) in [6.45, 7) is 3.38. The van der Waals surface area contributed by atoms with E-state index >= 15 is 0 Å². The van der Waals surface area contributed by atoms with Gasteiger partial charge in [-0.2, -0.15) is 0 Å². The molecule has 0 atom stereocenters. The normalized spacial score (nSPS) is 14.6. The van der Waals surface area contributed by atoms with E-state index in [1.807, 2.05) is 42.5 Å². The smallest absolute Gasteiger partial charge is 0.230 e. The van der Waals surface area contributed by atoms with Crippen LogP contribution in [0.25, 0.3) is 0 Å². The Morgan fingerprint density at radius 3 is 2.31 bits per heavy atom. The van der Waals surface area contributed by atoms with Gasteiger partial charge in [-0.3, -0.25) is 9.69 Å². The zero-order valence-electron chi connectivity index (χ0n) is 14.9. The molecule has 136 valence electrons. The molecule has 0 radical (unpaired) electrons. The molecule has 0 bridgehead atoms. The third kappa shape index (κ3) is 5.93. The van der Waals surface area contributed by atoms with E-state index in [4.69, 9.17) is 12.2 Å². The average Bonchev–Trinajstić information content (AvgIpc) is 2.65. The molecule has 2 aromatic carbocycles. The minimum atomic E-state index is -0.115. The number of carbonyl (C=O) groups is 1. The Bertz CT molecular complexity index is 725. The monoisotopic (exact) mass is 367 g/mol. The lowest BCUT2D eigenvalue weighted by atomic mass is 10.1. The van der Waals surface area contributed by atoms with Crippen molar-refractivity contribution in [3.63, 3.8) is 0 Å². The number of thiocarbonyl (C=S) groups is 1. The minimum Gasteiger partial charge on any atom is -0.332 e. The zero-order chi connectivity index (χ0) is 18.2. The molecule has 3 rings (SSSR count). The van der Waals surface area contributed by atoms with Crippen LogP contribution in [-0.4, -0.2) is 29.0 Å². The van der Waals surface area contributed by atoms with Crippen LogP contribution in [0.4, 0.5) is 5.69 Å². The maximum atomic E-state index is 12.0. The maximum absolute atomic E-state index is 12.0. The first-order valence-corrected chi connectivity index (χ1v) is 9.56. The number of likely N-dealkylation sites (tertiary alicyclic amines) is 1. The molecule has 26 heavy (non-hydrogen) atoms. The fourth-order valence-corrected chi connectivity index (χ4v) is 3.42. The topological polar surface area (TPSA) is 44.4 Å². The molecule has 2 N–H and O–H groups in total. The van der Waals surface area contributed by atoms with Crippen molar-refractivity contribution in [3.8, 4) is 0 Å². The molecule has 1 aliphatic heterocycles. The summed E-state index contributed by atoms with van der Waals surface area (Å²) in [5.74, 6) is -0.115. The molecule has 1 amide bonds. The number of nitrogens with one attached hydrogen (secondary N) is 2. The number of carbonyl (C=O) groups excluding carboxylic acids is 1. The van der Waals surface area contributed by atoms with E-state index in [9.17, 15) is 4.79 Å². The number of anilines is 1. The average molecular weight is 368 g/mol. The molecule has 1 fully saturated rings. The molecule has 1 heterocycles. The van der Waals surface area contributed by atoms with Crippen LogP contribution in [-0.2, 0) is 17.8 Å². The highest BCUT2D eigenvalue weighted by Gasteiger charge is 2.10. The fraction of sp³-hybridized carbons (Fsp3) is 0.333. The summed E-state index contributed by atoms with van der Waals surface area (Å²) in [5.41, 5.74) is 3.16. The Hall–Kier alpha value is -2.24. The first-order valence-electron chi connectivity index (χ1n) is 9.15. The van der Waals surface area contributed by atoms with E-state index < -0.39 is 0 Å². The summed E-state index contributed by atoms with van der Waals surface area (Å²) in [4.78, 5) is 14.5. The zero-order valence-corrected chi connectivity index (χ0v) is 15.7. The summed E-state index contributed by atoms with van der Waals surface area (Å²) >= 11 is 5.24. The lowest BCUT2D eigenvalue weighted by Gasteiger charge is -2.26. The second-order valence-electron chi connectivity index (χ2n) is 6.70. The molecular weight excluding hydrogens is 342 g/mol. The lowest BCUT2D eigenvalue weighted by Crippen LogP contribution is -2.35. The van der Waals surface area contributed by atoms with E-state index in [1.54, 1.807) is 0 Å². The van der Waals surface area contributed by atoms with Gasteiger partial charge < -0.3 is 10.6 Å². The Morgan fingerprint density at radius 2 is 1.62 bits per heavy atom. The SMILES string of the molecule is O=C(Cc1ccccc1)NC(=S)Nc1ccc(CN2CCCCC2)cc1. The van der Waals surface area contributed by atoms with Gasteiger partial charge >= 0.3 is 0 Å². The highest BCUT2D eigenvalue weighted by Crippen LogP contribution is 2.15. The van der Waals surface area contributed by atoms with Crippen molar-refractivity contribution in [2.24, 2.45) is 0 Å². The number of hydrogen-bond donors (Lipinski definition) is 2. The Balaban J connectivity index is 1.45. The van der Waals surface area contributed by atoms with Crippen molar-refractivity contribution in [2.45, 2.75) is 32.2 Å². The number of rotatable bonds is 5. The second-order valence-corrected chi connectivity index (χ2v) is 7.11. The van der Waals surface area contributed by atoms with E-state index in [-0.39, 0.29) is 5.91 Å². The third-order valence-corrected chi connectivity index (χ3v) is 4.73. The van der Waals surface area contributed by atoms with E-state index in [0.717, 1.165) is 17.8 Å². The molecule has 0 aromatic heterocycles. The predicted molar refractivity (Wildman–Crippen MR) is 110 cm³/mol. The van der Waals surface area contributed by atoms with Gasteiger partial charge in [-0.1, -0.05) is 48.9 Å². The molecule has 0 unspecified atom stereocenters. The Labute approximate surface area is 160 Å². The molecule has 0 aliphatic carbocycles. The summed E-state index contributed by atoms with van der Waals surface area (Å²) in [6, 6.07) is 17.9. The lowest BCUT2D eigenvalue weighted by molar-refractivity contribution is -0.119. The van der Waals surface area contributed by atoms with Crippen LogP contribution in [0.5, 0.6) is 0 Å². The number of amides is 1. The van der Waals surface area contributed by atoms with Gasteiger partial charge in [0.05, 0.1) is 6.42 Å². The van der Waals surface area contributed by atoms with E-state index in [0.29, 0.717) is 11.5 Å². The standard InChI is InChI=1S/C21H25N3OS/c25-20(15-17-7-3-1-4-8-17)23-21(26)22-19-11-9-18(10-12-19)16-24-13-5-2-6-14-24/h1,3-4,7-12H,2,5-6,13-16H2,(H2,22,23,25,26). The van der Waals surface area contributed by atoms with Gasteiger partial charge in [0.2, 0.25) is 5.91 Å². The molecular formula is C21H25N3OS. The van der Waals surface area contributed by atoms with Crippen molar-refractivity contribution >= 4 is 28.9 Å². The Kier molecular flexibility index (Phi) is 6.75. The van der Waals surface area contributed by atoms with Gasteiger partial charge in [-0.25, -0.2) is 0 Å². The van der Waals surface area contributed by atoms with Gasteiger partial charge in [0.25, 0.3) is 0 Å². The molecule has 0 spiro atoms. The van der Waals surface area contributed by atoms with E-state index in [2.05, 4.69) is 27.7 Å². The summed E-state index contributed by atoms with van der Waals surface area (Å²) in [6.07, 6.45) is 4.28. The number of hydrogen-bond acceptors (Lipinski definition) is 3. The van der Waals surface area contributed by atoms with Crippen LogP contribution < -0.4 is 10.6 Å². The maximum Gasteiger partial charge on any atom is 0.230 e. The van der Waals surface area contributed by atoms with Crippen LogP contribution >= 0.6 is 12.2 Å². The first kappa shape index (κ1) is 18.5. The highest BCUT2D eigenvalue weighted by molar-refractivity contribution is 7.80. The van der Waals surface area contributed by atoms with Gasteiger partial charge in [0.1, 0.15) is 0 Å². The molecule has 5 heteroatoms. The van der Waals surface area contributed by atoms with Crippen molar-refractivity contribution < 1.29 is 4.79 Å². The summed E-state index contributed by atoms with van der Waals surface area (Å²) in [7, 11) is 0. The molecule has 1 saturated heterocycles. The van der Waals surface area contributed by atoms with Crippen LogP contribution in [0, 0.1) is 0 Å².